The number of halogens is 1. The molecular weight excluding hydrogens is 498 g/mol. The van der Waals surface area contributed by atoms with E-state index in [1.807, 2.05) is 48.5 Å². The Bertz CT molecular complexity index is 1540. The SMILES string of the molecule is CCOC(=O)N1CCc2c(sc3c2c(=O)n(CCc2ccccc2)c(=O)n3Cc2ccccc2Cl)C1. The van der Waals surface area contributed by atoms with Crippen molar-refractivity contribution < 1.29 is 9.53 Å². The lowest BCUT2D eigenvalue weighted by Gasteiger charge is -2.25. The van der Waals surface area contributed by atoms with Crippen LogP contribution in [-0.2, 0) is 37.2 Å². The fourth-order valence-corrected chi connectivity index (χ4v) is 6.19. The molecule has 7 nitrogen and oxygen atoms in total. The van der Waals surface area contributed by atoms with Gasteiger partial charge in [-0.1, -0.05) is 60.1 Å². The predicted octanol–water partition coefficient (Wildman–Crippen LogP) is 4.68. The Morgan fingerprint density at radius 1 is 1.06 bits per heavy atom. The number of carbonyl (C=O) groups is 1. The fourth-order valence-electron chi connectivity index (χ4n) is 4.64. The Balaban J connectivity index is 1.63. The molecule has 2 aromatic heterocycles. The molecule has 36 heavy (non-hydrogen) atoms. The molecule has 0 N–H and O–H groups in total. The van der Waals surface area contributed by atoms with Crippen LogP contribution in [0.1, 0.15) is 28.5 Å². The summed E-state index contributed by atoms with van der Waals surface area (Å²) in [4.78, 5) is 42.9. The summed E-state index contributed by atoms with van der Waals surface area (Å²) in [5, 5.41) is 1.13. The molecule has 1 aliphatic rings. The van der Waals surface area contributed by atoms with Crippen LogP contribution in [0.3, 0.4) is 0 Å². The summed E-state index contributed by atoms with van der Waals surface area (Å²) in [5.41, 5.74) is 2.14. The number of carbonyl (C=O) groups excluding carboxylic acids is 1. The molecule has 9 heteroatoms. The van der Waals surface area contributed by atoms with Gasteiger partial charge in [-0.25, -0.2) is 9.59 Å². The van der Waals surface area contributed by atoms with Crippen LogP contribution in [0, 0.1) is 0 Å². The molecule has 0 unspecified atom stereocenters. The van der Waals surface area contributed by atoms with Crippen LogP contribution in [0.15, 0.2) is 64.2 Å². The first kappa shape index (κ1) is 24.3. The highest BCUT2D eigenvalue weighted by molar-refractivity contribution is 7.18. The third kappa shape index (κ3) is 4.58. The second kappa shape index (κ2) is 10.3. The zero-order chi connectivity index (χ0) is 25.2. The number of aromatic nitrogens is 2. The summed E-state index contributed by atoms with van der Waals surface area (Å²) in [6, 6.07) is 17.2. The Kier molecular flexibility index (Phi) is 6.98. The van der Waals surface area contributed by atoms with E-state index >= 15 is 0 Å². The van der Waals surface area contributed by atoms with E-state index in [2.05, 4.69) is 0 Å². The number of nitrogens with zero attached hydrogens (tertiary/aromatic N) is 3. The molecule has 2 aromatic carbocycles. The third-order valence-corrected chi connectivity index (χ3v) is 8.09. The third-order valence-electron chi connectivity index (χ3n) is 6.48. The quantitative estimate of drug-likeness (QED) is 0.368. The van der Waals surface area contributed by atoms with E-state index in [-0.39, 0.29) is 30.4 Å². The molecule has 0 spiro atoms. The zero-order valence-electron chi connectivity index (χ0n) is 19.9. The molecule has 0 aliphatic carbocycles. The van der Waals surface area contributed by atoms with Crippen LogP contribution in [0.2, 0.25) is 5.02 Å². The number of hydrogen-bond acceptors (Lipinski definition) is 5. The molecule has 0 bridgehead atoms. The highest BCUT2D eigenvalue weighted by Gasteiger charge is 2.29. The van der Waals surface area contributed by atoms with E-state index in [0.29, 0.717) is 47.8 Å². The van der Waals surface area contributed by atoms with Gasteiger partial charge in [0.15, 0.2) is 0 Å². The first-order valence-electron chi connectivity index (χ1n) is 11.9. The molecule has 0 saturated carbocycles. The van der Waals surface area contributed by atoms with Gasteiger partial charge in [0.05, 0.1) is 25.1 Å². The molecule has 0 fully saturated rings. The van der Waals surface area contributed by atoms with Gasteiger partial charge in [-0.05, 0) is 42.5 Å². The number of aryl methyl sites for hydroxylation is 1. The second-order valence-corrected chi connectivity index (χ2v) is 10.2. The van der Waals surface area contributed by atoms with Crippen molar-refractivity contribution in [2.45, 2.75) is 39.4 Å². The van der Waals surface area contributed by atoms with Crippen molar-refractivity contribution in [1.29, 1.82) is 0 Å². The summed E-state index contributed by atoms with van der Waals surface area (Å²) >= 11 is 7.84. The van der Waals surface area contributed by atoms with Gasteiger partial charge in [0.2, 0.25) is 0 Å². The van der Waals surface area contributed by atoms with Gasteiger partial charge in [-0.15, -0.1) is 11.3 Å². The minimum Gasteiger partial charge on any atom is -0.450 e. The van der Waals surface area contributed by atoms with Crippen LogP contribution in [-0.4, -0.2) is 33.3 Å². The highest BCUT2D eigenvalue weighted by Crippen LogP contribution is 2.33. The maximum absolute atomic E-state index is 13.7. The number of rotatable bonds is 6. The van der Waals surface area contributed by atoms with Crippen molar-refractivity contribution >= 4 is 39.2 Å². The minimum atomic E-state index is -0.366. The summed E-state index contributed by atoms with van der Waals surface area (Å²) in [5.74, 6) is 0. The number of amides is 1. The lowest BCUT2D eigenvalue weighted by molar-refractivity contribution is 0.103. The zero-order valence-corrected chi connectivity index (χ0v) is 21.5. The minimum absolute atomic E-state index is 0.252. The molecular formula is C27H26ClN3O4S. The van der Waals surface area contributed by atoms with E-state index < -0.39 is 0 Å². The number of fused-ring (bicyclic) bond motifs is 3. The Labute approximate surface area is 217 Å². The van der Waals surface area contributed by atoms with Crippen LogP contribution < -0.4 is 11.2 Å². The molecule has 0 saturated heterocycles. The average molecular weight is 524 g/mol. The highest BCUT2D eigenvalue weighted by atomic mass is 35.5. The van der Waals surface area contributed by atoms with Gasteiger partial charge >= 0.3 is 11.8 Å². The maximum Gasteiger partial charge on any atom is 0.410 e. The lowest BCUT2D eigenvalue weighted by Crippen LogP contribution is -2.41. The molecule has 3 heterocycles. The van der Waals surface area contributed by atoms with Crippen molar-refractivity contribution in [3.05, 3.63) is 102 Å². The average Bonchev–Trinajstić information content (AvgIpc) is 3.27. The molecule has 4 aromatic rings. The summed E-state index contributed by atoms with van der Waals surface area (Å²) < 4.78 is 8.18. The van der Waals surface area contributed by atoms with Crippen LogP contribution in [0.5, 0.6) is 0 Å². The normalized spacial score (nSPS) is 13.1. The molecule has 186 valence electrons. The van der Waals surface area contributed by atoms with Gasteiger partial charge < -0.3 is 9.64 Å². The van der Waals surface area contributed by atoms with Crippen molar-refractivity contribution in [3.8, 4) is 0 Å². The molecule has 1 amide bonds. The summed E-state index contributed by atoms with van der Waals surface area (Å²) in [6.45, 7) is 3.43. The van der Waals surface area contributed by atoms with Crippen molar-refractivity contribution in [2.24, 2.45) is 0 Å². The summed E-state index contributed by atoms with van der Waals surface area (Å²) in [6.07, 6.45) is 0.734. The first-order chi connectivity index (χ1) is 17.5. The van der Waals surface area contributed by atoms with Crippen LogP contribution in [0.25, 0.3) is 10.2 Å². The smallest absolute Gasteiger partial charge is 0.410 e. The molecule has 5 rings (SSSR count). The van der Waals surface area contributed by atoms with E-state index in [1.165, 1.54) is 15.9 Å². The Hall–Kier alpha value is -3.36. The lowest BCUT2D eigenvalue weighted by atomic mass is 10.1. The molecule has 1 aliphatic heterocycles. The number of ether oxygens (including phenoxy) is 1. The molecule has 0 radical (unpaired) electrons. The fraction of sp³-hybridized carbons (Fsp3) is 0.296. The number of hydrogen-bond donors (Lipinski definition) is 0. The van der Waals surface area contributed by atoms with Gasteiger partial charge in [0.1, 0.15) is 4.83 Å². The van der Waals surface area contributed by atoms with Crippen LogP contribution in [0.4, 0.5) is 4.79 Å². The standard InChI is InChI=1S/C27H26ClN3O4S/c1-2-35-27(34)29-14-13-20-22(17-29)36-25-23(20)24(32)30(15-12-18-8-4-3-5-9-18)26(33)31(25)16-19-10-6-7-11-21(19)28/h3-11H,2,12-17H2,1H3. The Morgan fingerprint density at radius 2 is 1.81 bits per heavy atom. The van der Waals surface area contributed by atoms with Gasteiger partial charge in [0.25, 0.3) is 5.56 Å². The molecule has 0 atom stereocenters. The van der Waals surface area contributed by atoms with E-state index in [1.54, 1.807) is 22.5 Å². The predicted molar refractivity (Wildman–Crippen MR) is 142 cm³/mol. The van der Waals surface area contributed by atoms with Crippen molar-refractivity contribution in [1.82, 2.24) is 14.0 Å². The van der Waals surface area contributed by atoms with E-state index in [0.717, 1.165) is 21.6 Å². The number of benzene rings is 2. The second-order valence-electron chi connectivity index (χ2n) is 8.71. The first-order valence-corrected chi connectivity index (χ1v) is 13.1. The van der Waals surface area contributed by atoms with Gasteiger partial charge in [-0.2, -0.15) is 0 Å². The van der Waals surface area contributed by atoms with Crippen molar-refractivity contribution in [2.75, 3.05) is 13.2 Å². The maximum atomic E-state index is 13.7. The van der Waals surface area contributed by atoms with E-state index in [9.17, 15) is 14.4 Å². The van der Waals surface area contributed by atoms with E-state index in [4.69, 9.17) is 16.3 Å². The van der Waals surface area contributed by atoms with Crippen LogP contribution >= 0.6 is 22.9 Å². The van der Waals surface area contributed by atoms with Gasteiger partial charge in [0, 0.05) is 23.0 Å². The van der Waals surface area contributed by atoms with Crippen molar-refractivity contribution in [3.63, 3.8) is 0 Å². The number of thiophene rings is 1. The topological polar surface area (TPSA) is 73.5 Å². The largest absolute Gasteiger partial charge is 0.450 e. The van der Waals surface area contributed by atoms with Gasteiger partial charge in [-0.3, -0.25) is 13.9 Å². The Morgan fingerprint density at radius 3 is 2.56 bits per heavy atom. The monoisotopic (exact) mass is 523 g/mol. The summed E-state index contributed by atoms with van der Waals surface area (Å²) in [7, 11) is 0.